The smallest absolute Gasteiger partial charge is 0.225 e. The van der Waals surface area contributed by atoms with E-state index in [4.69, 9.17) is 4.42 Å². The summed E-state index contributed by atoms with van der Waals surface area (Å²) in [5, 5.41) is 7.51. The van der Waals surface area contributed by atoms with Crippen molar-refractivity contribution in [2.24, 2.45) is 5.92 Å². The Morgan fingerprint density at radius 2 is 2.00 bits per heavy atom. The lowest BCUT2D eigenvalue weighted by molar-refractivity contribution is -0.116. The molecular weight excluding hydrogens is 352 g/mol. The van der Waals surface area contributed by atoms with Crippen LogP contribution in [0.5, 0.6) is 0 Å². The lowest BCUT2D eigenvalue weighted by Crippen LogP contribution is -2.36. The normalized spacial score (nSPS) is 17.2. The molecule has 1 unspecified atom stereocenters. The fourth-order valence-electron chi connectivity index (χ4n) is 3.89. The first-order valence-electron chi connectivity index (χ1n) is 10.5. The molecule has 2 aromatic heterocycles. The molecule has 154 valence electrons. The molecule has 3 heterocycles. The predicted octanol–water partition coefficient (Wildman–Crippen LogP) is 4.60. The van der Waals surface area contributed by atoms with Gasteiger partial charge in [-0.3, -0.25) is 4.79 Å². The number of likely N-dealkylation sites (tertiary alicyclic amines) is 1. The van der Waals surface area contributed by atoms with Crippen LogP contribution >= 0.6 is 0 Å². The van der Waals surface area contributed by atoms with Gasteiger partial charge in [-0.1, -0.05) is 20.8 Å². The molecule has 1 atom stereocenters. The maximum atomic E-state index is 12.1. The summed E-state index contributed by atoms with van der Waals surface area (Å²) in [6.07, 6.45) is 5.54. The third-order valence-electron chi connectivity index (χ3n) is 5.56. The average molecular weight is 387 g/mol. The Bertz CT molecular complexity index is 756. The van der Waals surface area contributed by atoms with Gasteiger partial charge in [0.1, 0.15) is 17.3 Å². The van der Waals surface area contributed by atoms with Crippen LogP contribution in [0, 0.1) is 12.8 Å². The van der Waals surface area contributed by atoms with Crippen LogP contribution in [0.4, 0.5) is 5.82 Å². The molecular formula is C22H34N4O2. The number of anilines is 1. The van der Waals surface area contributed by atoms with Crippen molar-refractivity contribution in [2.75, 3.05) is 25.0 Å². The van der Waals surface area contributed by atoms with Crippen molar-refractivity contribution in [3.8, 4) is 0 Å². The van der Waals surface area contributed by atoms with Crippen molar-refractivity contribution >= 4 is 11.7 Å². The summed E-state index contributed by atoms with van der Waals surface area (Å²) >= 11 is 0. The molecule has 1 amide bonds. The third kappa shape index (κ3) is 5.47. The zero-order valence-electron chi connectivity index (χ0n) is 17.6. The van der Waals surface area contributed by atoms with Crippen LogP contribution in [0.15, 0.2) is 28.8 Å². The minimum absolute atomic E-state index is 0.0661. The van der Waals surface area contributed by atoms with E-state index in [0.29, 0.717) is 24.3 Å². The fourth-order valence-corrected chi connectivity index (χ4v) is 3.89. The number of nitrogens with zero attached hydrogens (tertiary/aromatic N) is 3. The quantitative estimate of drug-likeness (QED) is 0.720. The molecule has 0 radical (unpaired) electrons. The molecule has 1 saturated heterocycles. The van der Waals surface area contributed by atoms with Crippen LogP contribution in [0.1, 0.15) is 69.9 Å². The molecule has 3 rings (SSSR count). The van der Waals surface area contributed by atoms with Gasteiger partial charge in [-0.2, -0.15) is 5.10 Å². The molecule has 1 N–H and O–H groups in total. The highest BCUT2D eigenvalue weighted by atomic mass is 16.3. The van der Waals surface area contributed by atoms with E-state index < -0.39 is 0 Å². The summed E-state index contributed by atoms with van der Waals surface area (Å²) in [6, 6.07) is 6.39. The minimum atomic E-state index is 0.0661. The minimum Gasteiger partial charge on any atom is -0.466 e. The van der Waals surface area contributed by atoms with E-state index in [9.17, 15) is 4.79 Å². The second-order valence-corrected chi connectivity index (χ2v) is 8.52. The molecule has 0 spiro atoms. The standard InChI is InChI=1S/C22H34N4O2/c1-16(2)15-22(27)24-21-7-11-23-26(21)19-9-13-25(14-10-19)12-8-17(3)20-6-5-18(4)28-20/h5-7,11,16-17,19H,8-10,12-15H2,1-4H3,(H,24,27). The lowest BCUT2D eigenvalue weighted by atomic mass is 10.0. The molecule has 0 saturated carbocycles. The number of carbonyl (C=O) groups is 1. The number of piperidine rings is 1. The number of nitrogens with one attached hydrogen (secondary N) is 1. The zero-order chi connectivity index (χ0) is 20.1. The zero-order valence-corrected chi connectivity index (χ0v) is 17.6. The van der Waals surface area contributed by atoms with E-state index >= 15 is 0 Å². The Morgan fingerprint density at radius 1 is 1.25 bits per heavy atom. The third-order valence-corrected chi connectivity index (χ3v) is 5.56. The number of aryl methyl sites for hydroxylation is 1. The first-order valence-corrected chi connectivity index (χ1v) is 10.5. The van der Waals surface area contributed by atoms with Gasteiger partial charge in [0.2, 0.25) is 5.91 Å². The Kier molecular flexibility index (Phi) is 6.94. The molecule has 6 heteroatoms. The first kappa shape index (κ1) is 20.6. The van der Waals surface area contributed by atoms with Crippen LogP contribution in [-0.2, 0) is 4.79 Å². The Morgan fingerprint density at radius 3 is 2.64 bits per heavy atom. The number of carbonyl (C=O) groups excluding carboxylic acids is 1. The van der Waals surface area contributed by atoms with Gasteiger partial charge in [0.15, 0.2) is 0 Å². The molecule has 28 heavy (non-hydrogen) atoms. The monoisotopic (exact) mass is 386 g/mol. The summed E-state index contributed by atoms with van der Waals surface area (Å²) in [4.78, 5) is 14.6. The Labute approximate surface area is 168 Å². The van der Waals surface area contributed by atoms with Crippen LogP contribution in [0.2, 0.25) is 0 Å². The summed E-state index contributed by atoms with van der Waals surface area (Å²) < 4.78 is 7.76. The largest absolute Gasteiger partial charge is 0.466 e. The number of hydrogen-bond acceptors (Lipinski definition) is 4. The predicted molar refractivity (Wildman–Crippen MR) is 111 cm³/mol. The van der Waals surface area contributed by atoms with Crippen LogP contribution in [0.25, 0.3) is 0 Å². The highest BCUT2D eigenvalue weighted by Gasteiger charge is 2.23. The lowest BCUT2D eigenvalue weighted by Gasteiger charge is -2.33. The number of hydrogen-bond donors (Lipinski definition) is 1. The van der Waals surface area contributed by atoms with Crippen LogP contribution in [0.3, 0.4) is 0 Å². The molecule has 0 bridgehead atoms. The van der Waals surface area contributed by atoms with E-state index in [1.807, 2.05) is 23.7 Å². The molecule has 1 fully saturated rings. The highest BCUT2D eigenvalue weighted by Crippen LogP contribution is 2.27. The molecule has 1 aliphatic heterocycles. The number of rotatable bonds is 8. The van der Waals surface area contributed by atoms with Gasteiger partial charge in [0.05, 0.1) is 12.2 Å². The molecule has 6 nitrogen and oxygen atoms in total. The van der Waals surface area contributed by atoms with Gasteiger partial charge in [0, 0.05) is 31.5 Å². The topological polar surface area (TPSA) is 63.3 Å². The van der Waals surface area contributed by atoms with Gasteiger partial charge in [-0.15, -0.1) is 0 Å². The Balaban J connectivity index is 1.46. The van der Waals surface area contributed by atoms with Gasteiger partial charge in [0.25, 0.3) is 0 Å². The van der Waals surface area contributed by atoms with Gasteiger partial charge in [-0.25, -0.2) is 4.68 Å². The first-order chi connectivity index (χ1) is 13.4. The van der Waals surface area contributed by atoms with Gasteiger partial charge in [-0.05, 0) is 50.8 Å². The second-order valence-electron chi connectivity index (χ2n) is 8.52. The highest BCUT2D eigenvalue weighted by molar-refractivity contribution is 5.89. The number of furan rings is 1. The summed E-state index contributed by atoms with van der Waals surface area (Å²) in [6.45, 7) is 11.6. The van der Waals surface area contributed by atoms with Crippen molar-refractivity contribution in [1.29, 1.82) is 0 Å². The maximum Gasteiger partial charge on any atom is 0.225 e. The number of amides is 1. The van der Waals surface area contributed by atoms with Crippen molar-refractivity contribution < 1.29 is 9.21 Å². The molecule has 2 aromatic rings. The fraction of sp³-hybridized carbons (Fsp3) is 0.636. The molecule has 0 aliphatic carbocycles. The average Bonchev–Trinajstić information content (AvgIpc) is 3.28. The van der Waals surface area contributed by atoms with E-state index in [-0.39, 0.29) is 5.91 Å². The maximum absolute atomic E-state index is 12.1. The van der Waals surface area contributed by atoms with E-state index in [1.165, 1.54) is 0 Å². The SMILES string of the molecule is Cc1ccc(C(C)CCN2CCC(n3nccc3NC(=O)CC(C)C)CC2)o1. The van der Waals surface area contributed by atoms with Crippen LogP contribution < -0.4 is 5.32 Å². The van der Waals surface area contributed by atoms with Crippen molar-refractivity contribution in [3.05, 3.63) is 35.9 Å². The van der Waals surface area contributed by atoms with E-state index in [2.05, 4.69) is 42.2 Å². The summed E-state index contributed by atoms with van der Waals surface area (Å²) in [7, 11) is 0. The van der Waals surface area contributed by atoms with Gasteiger partial charge >= 0.3 is 0 Å². The second kappa shape index (κ2) is 9.41. The van der Waals surface area contributed by atoms with E-state index in [0.717, 1.165) is 56.2 Å². The van der Waals surface area contributed by atoms with Crippen molar-refractivity contribution in [1.82, 2.24) is 14.7 Å². The molecule has 1 aliphatic rings. The molecule has 0 aromatic carbocycles. The van der Waals surface area contributed by atoms with Crippen molar-refractivity contribution in [3.63, 3.8) is 0 Å². The number of aromatic nitrogens is 2. The summed E-state index contributed by atoms with van der Waals surface area (Å²) in [5.74, 6) is 3.76. The van der Waals surface area contributed by atoms with E-state index in [1.54, 1.807) is 6.20 Å². The van der Waals surface area contributed by atoms with Gasteiger partial charge < -0.3 is 14.6 Å². The summed E-state index contributed by atoms with van der Waals surface area (Å²) in [5.41, 5.74) is 0. The van der Waals surface area contributed by atoms with Crippen molar-refractivity contribution in [2.45, 2.75) is 65.3 Å². The Hall–Kier alpha value is -2.08. The van der Waals surface area contributed by atoms with Crippen LogP contribution in [-0.4, -0.2) is 40.2 Å².